The minimum Gasteiger partial charge on any atom is -0.309 e. The Bertz CT molecular complexity index is 499. The van der Waals surface area contributed by atoms with Crippen LogP contribution in [-0.4, -0.2) is 17.0 Å². The molecule has 2 aromatic rings. The summed E-state index contributed by atoms with van der Waals surface area (Å²) in [5.74, 6) is 0. The van der Waals surface area contributed by atoms with Gasteiger partial charge in [0.1, 0.15) is 6.33 Å². The number of halogens is 1. The van der Waals surface area contributed by atoms with Crippen LogP contribution in [0.2, 0.25) is 5.02 Å². The fraction of sp³-hybridized carbons (Fsp3) is 0.231. The van der Waals surface area contributed by atoms with Crippen LogP contribution in [0.1, 0.15) is 22.7 Å². The lowest BCUT2D eigenvalue weighted by Gasteiger charge is -2.18. The Morgan fingerprint density at radius 3 is 2.53 bits per heavy atom. The van der Waals surface area contributed by atoms with Gasteiger partial charge in [-0.1, -0.05) is 17.7 Å². The number of hydrogen-bond donors (Lipinski definition) is 1. The van der Waals surface area contributed by atoms with E-state index in [4.69, 9.17) is 11.6 Å². The Morgan fingerprint density at radius 2 is 1.94 bits per heavy atom. The van der Waals surface area contributed by atoms with Crippen molar-refractivity contribution in [2.24, 2.45) is 0 Å². The molecular formula is C13H14ClN3. The van der Waals surface area contributed by atoms with E-state index >= 15 is 0 Å². The number of nitrogens with one attached hydrogen (secondary N) is 1. The second-order valence-corrected chi connectivity index (χ2v) is 4.33. The first-order valence-electron chi connectivity index (χ1n) is 5.40. The quantitative estimate of drug-likeness (QED) is 0.906. The highest BCUT2D eigenvalue weighted by Crippen LogP contribution is 2.25. The number of hydrogen-bond acceptors (Lipinski definition) is 3. The zero-order valence-corrected chi connectivity index (χ0v) is 10.6. The molecule has 0 aliphatic carbocycles. The molecule has 17 heavy (non-hydrogen) atoms. The molecule has 1 heterocycles. The third kappa shape index (κ3) is 2.62. The molecule has 0 fully saturated rings. The maximum absolute atomic E-state index is 5.97. The molecule has 0 spiro atoms. The van der Waals surface area contributed by atoms with Crippen LogP contribution < -0.4 is 5.32 Å². The first-order valence-corrected chi connectivity index (χ1v) is 5.78. The van der Waals surface area contributed by atoms with Gasteiger partial charge in [0, 0.05) is 23.0 Å². The Hall–Kier alpha value is -1.45. The van der Waals surface area contributed by atoms with Crippen molar-refractivity contribution in [1.29, 1.82) is 0 Å². The molecule has 1 N–H and O–H groups in total. The Balaban J connectivity index is 2.42. The van der Waals surface area contributed by atoms with Crippen LogP contribution in [0.3, 0.4) is 0 Å². The molecule has 0 aliphatic rings. The molecule has 0 amide bonds. The summed E-state index contributed by atoms with van der Waals surface area (Å²) in [5, 5.41) is 4.03. The van der Waals surface area contributed by atoms with Gasteiger partial charge in [0.2, 0.25) is 0 Å². The molecule has 0 aliphatic heterocycles. The molecule has 0 bridgehead atoms. The van der Waals surface area contributed by atoms with E-state index in [1.54, 1.807) is 0 Å². The SMILES string of the molecule is CNC(c1cncnc1)c1ccc(Cl)cc1C. The highest BCUT2D eigenvalue weighted by atomic mass is 35.5. The van der Waals surface area contributed by atoms with E-state index in [-0.39, 0.29) is 6.04 Å². The van der Waals surface area contributed by atoms with Crippen LogP contribution in [0.5, 0.6) is 0 Å². The number of nitrogens with zero attached hydrogens (tertiary/aromatic N) is 2. The van der Waals surface area contributed by atoms with Crippen LogP contribution in [0.4, 0.5) is 0 Å². The van der Waals surface area contributed by atoms with Crippen molar-refractivity contribution in [2.45, 2.75) is 13.0 Å². The summed E-state index contributed by atoms with van der Waals surface area (Å²) in [4.78, 5) is 8.10. The molecular weight excluding hydrogens is 234 g/mol. The van der Waals surface area contributed by atoms with Gasteiger partial charge >= 0.3 is 0 Å². The molecule has 1 aromatic carbocycles. The first-order chi connectivity index (χ1) is 8.22. The molecule has 3 nitrogen and oxygen atoms in total. The van der Waals surface area contributed by atoms with Gasteiger partial charge in [0.05, 0.1) is 6.04 Å². The van der Waals surface area contributed by atoms with Gasteiger partial charge in [-0.15, -0.1) is 0 Å². The molecule has 1 atom stereocenters. The standard InChI is InChI=1S/C13H14ClN3/c1-9-5-11(14)3-4-12(9)13(15-2)10-6-16-8-17-7-10/h3-8,13,15H,1-2H3. The van der Waals surface area contributed by atoms with Crippen molar-refractivity contribution in [3.8, 4) is 0 Å². The predicted molar refractivity (Wildman–Crippen MR) is 69.1 cm³/mol. The van der Waals surface area contributed by atoms with Crippen molar-refractivity contribution in [1.82, 2.24) is 15.3 Å². The van der Waals surface area contributed by atoms with Crippen LogP contribution in [0.25, 0.3) is 0 Å². The summed E-state index contributed by atoms with van der Waals surface area (Å²) in [7, 11) is 1.92. The van der Waals surface area contributed by atoms with E-state index in [1.807, 2.05) is 37.6 Å². The summed E-state index contributed by atoms with van der Waals surface area (Å²) in [5.41, 5.74) is 3.38. The molecule has 4 heteroatoms. The minimum atomic E-state index is 0.0912. The highest BCUT2D eigenvalue weighted by molar-refractivity contribution is 6.30. The number of benzene rings is 1. The average molecular weight is 248 g/mol. The van der Waals surface area contributed by atoms with Gasteiger partial charge < -0.3 is 5.32 Å². The Morgan fingerprint density at radius 1 is 1.24 bits per heavy atom. The molecule has 0 saturated heterocycles. The lowest BCUT2D eigenvalue weighted by atomic mass is 9.97. The van der Waals surface area contributed by atoms with Gasteiger partial charge in [-0.25, -0.2) is 9.97 Å². The van der Waals surface area contributed by atoms with Gasteiger partial charge in [-0.3, -0.25) is 0 Å². The van der Waals surface area contributed by atoms with Crippen LogP contribution in [0.15, 0.2) is 36.9 Å². The molecule has 2 rings (SSSR count). The molecule has 88 valence electrons. The zero-order valence-electron chi connectivity index (χ0n) is 9.81. The molecule has 1 unspecified atom stereocenters. The Labute approximate surface area is 106 Å². The van der Waals surface area contributed by atoms with Gasteiger partial charge in [-0.05, 0) is 37.2 Å². The third-order valence-electron chi connectivity index (χ3n) is 2.75. The predicted octanol–water partition coefficient (Wildman–Crippen LogP) is 2.75. The molecule has 0 radical (unpaired) electrons. The highest BCUT2D eigenvalue weighted by Gasteiger charge is 2.14. The average Bonchev–Trinajstić information content (AvgIpc) is 2.34. The second kappa shape index (κ2) is 5.25. The number of aromatic nitrogens is 2. The van der Waals surface area contributed by atoms with E-state index in [9.17, 15) is 0 Å². The summed E-state index contributed by atoms with van der Waals surface area (Å²) in [6.45, 7) is 2.05. The van der Waals surface area contributed by atoms with Crippen molar-refractivity contribution in [2.75, 3.05) is 7.05 Å². The van der Waals surface area contributed by atoms with Gasteiger partial charge in [-0.2, -0.15) is 0 Å². The number of rotatable bonds is 3. The first kappa shape index (κ1) is 12.0. The monoisotopic (exact) mass is 247 g/mol. The summed E-state index contributed by atoms with van der Waals surface area (Å²) >= 11 is 5.97. The van der Waals surface area contributed by atoms with Crippen molar-refractivity contribution < 1.29 is 0 Å². The zero-order chi connectivity index (χ0) is 12.3. The van der Waals surface area contributed by atoms with Gasteiger partial charge in [0.25, 0.3) is 0 Å². The smallest absolute Gasteiger partial charge is 0.115 e. The van der Waals surface area contributed by atoms with E-state index in [0.717, 1.165) is 16.1 Å². The molecule has 1 aromatic heterocycles. The summed E-state index contributed by atoms with van der Waals surface area (Å²) in [6.07, 6.45) is 5.18. The van der Waals surface area contributed by atoms with Crippen LogP contribution >= 0.6 is 11.6 Å². The second-order valence-electron chi connectivity index (χ2n) is 3.89. The topological polar surface area (TPSA) is 37.8 Å². The van der Waals surface area contributed by atoms with Crippen molar-refractivity contribution in [3.05, 3.63) is 58.6 Å². The summed E-state index contributed by atoms with van der Waals surface area (Å²) in [6, 6.07) is 5.99. The Kier molecular flexibility index (Phi) is 3.71. The maximum Gasteiger partial charge on any atom is 0.115 e. The maximum atomic E-state index is 5.97. The van der Waals surface area contributed by atoms with E-state index in [1.165, 1.54) is 11.9 Å². The summed E-state index contributed by atoms with van der Waals surface area (Å²) < 4.78 is 0. The van der Waals surface area contributed by atoms with Crippen LogP contribution in [0, 0.1) is 6.92 Å². The van der Waals surface area contributed by atoms with E-state index in [2.05, 4.69) is 22.2 Å². The van der Waals surface area contributed by atoms with Crippen molar-refractivity contribution >= 4 is 11.6 Å². The lowest BCUT2D eigenvalue weighted by Crippen LogP contribution is -2.19. The lowest BCUT2D eigenvalue weighted by molar-refractivity contribution is 0.680. The normalized spacial score (nSPS) is 12.4. The van der Waals surface area contributed by atoms with Gasteiger partial charge in [0.15, 0.2) is 0 Å². The van der Waals surface area contributed by atoms with E-state index in [0.29, 0.717) is 0 Å². The largest absolute Gasteiger partial charge is 0.309 e. The molecule has 0 saturated carbocycles. The fourth-order valence-electron chi connectivity index (χ4n) is 1.92. The number of aryl methyl sites for hydroxylation is 1. The third-order valence-corrected chi connectivity index (χ3v) is 2.98. The van der Waals surface area contributed by atoms with Crippen LogP contribution in [-0.2, 0) is 0 Å². The van der Waals surface area contributed by atoms with E-state index < -0.39 is 0 Å². The fourth-order valence-corrected chi connectivity index (χ4v) is 2.15. The minimum absolute atomic E-state index is 0.0912. The van der Waals surface area contributed by atoms with Crippen molar-refractivity contribution in [3.63, 3.8) is 0 Å².